The lowest BCUT2D eigenvalue weighted by molar-refractivity contribution is -0.135. The van der Waals surface area contributed by atoms with Crippen LogP contribution in [0.4, 0.5) is 0 Å². The molecule has 1 amide bonds. The van der Waals surface area contributed by atoms with Gasteiger partial charge in [-0.25, -0.2) is 0 Å². The fourth-order valence-corrected chi connectivity index (χ4v) is 1.96. The number of ether oxygens (including phenoxy) is 2. The Kier molecular flexibility index (Phi) is 11.1. The molecule has 0 saturated carbocycles. The van der Waals surface area contributed by atoms with Crippen LogP contribution in [0.25, 0.3) is 0 Å². The van der Waals surface area contributed by atoms with Gasteiger partial charge in [-0.1, -0.05) is 39.0 Å². The van der Waals surface area contributed by atoms with Crippen LogP contribution in [0.5, 0.6) is 0 Å². The second-order valence-corrected chi connectivity index (χ2v) is 4.71. The SMILES string of the molecule is CCCCCCCCC(=O)NC(C)C(OC)OC. The van der Waals surface area contributed by atoms with Crippen molar-refractivity contribution in [3.8, 4) is 0 Å². The molecule has 4 nitrogen and oxygen atoms in total. The summed E-state index contributed by atoms with van der Waals surface area (Å²) in [5.41, 5.74) is 0. The van der Waals surface area contributed by atoms with Crippen molar-refractivity contribution >= 4 is 5.91 Å². The monoisotopic (exact) mass is 259 g/mol. The summed E-state index contributed by atoms with van der Waals surface area (Å²) in [6, 6.07) is -0.118. The molecule has 0 heterocycles. The van der Waals surface area contributed by atoms with Crippen molar-refractivity contribution in [3.05, 3.63) is 0 Å². The maximum absolute atomic E-state index is 11.7. The first-order chi connectivity index (χ1) is 8.65. The second kappa shape index (κ2) is 11.5. The van der Waals surface area contributed by atoms with Gasteiger partial charge in [0.25, 0.3) is 0 Å². The first-order valence-corrected chi connectivity index (χ1v) is 7.00. The lowest BCUT2D eigenvalue weighted by Crippen LogP contribution is -2.42. The Morgan fingerprint density at radius 2 is 1.61 bits per heavy atom. The molecule has 1 atom stereocenters. The molecule has 0 aliphatic carbocycles. The van der Waals surface area contributed by atoms with Crippen molar-refractivity contribution in [2.75, 3.05) is 14.2 Å². The molecule has 108 valence electrons. The van der Waals surface area contributed by atoms with Crippen molar-refractivity contribution < 1.29 is 14.3 Å². The molecule has 0 radical (unpaired) electrons. The number of amides is 1. The number of carbonyl (C=O) groups excluding carboxylic acids is 1. The molecule has 0 rings (SSSR count). The zero-order valence-electron chi connectivity index (χ0n) is 12.3. The minimum atomic E-state index is -0.376. The van der Waals surface area contributed by atoms with Gasteiger partial charge in [-0.15, -0.1) is 0 Å². The van der Waals surface area contributed by atoms with Crippen LogP contribution in [0.15, 0.2) is 0 Å². The highest BCUT2D eigenvalue weighted by Crippen LogP contribution is 2.07. The normalized spacial score (nSPS) is 12.7. The molecule has 0 fully saturated rings. The zero-order chi connectivity index (χ0) is 13.8. The highest BCUT2D eigenvalue weighted by Gasteiger charge is 2.17. The smallest absolute Gasteiger partial charge is 0.220 e. The van der Waals surface area contributed by atoms with Crippen LogP contribution in [0, 0.1) is 0 Å². The lowest BCUT2D eigenvalue weighted by atomic mass is 10.1. The van der Waals surface area contributed by atoms with E-state index in [-0.39, 0.29) is 18.2 Å². The highest BCUT2D eigenvalue weighted by molar-refractivity contribution is 5.76. The average molecular weight is 259 g/mol. The largest absolute Gasteiger partial charge is 0.354 e. The van der Waals surface area contributed by atoms with Gasteiger partial charge in [0.15, 0.2) is 6.29 Å². The van der Waals surface area contributed by atoms with Crippen LogP contribution in [0.1, 0.15) is 58.8 Å². The van der Waals surface area contributed by atoms with Gasteiger partial charge in [-0.2, -0.15) is 0 Å². The number of rotatable bonds is 11. The van der Waals surface area contributed by atoms with Crippen LogP contribution < -0.4 is 5.32 Å². The molecule has 18 heavy (non-hydrogen) atoms. The standard InChI is InChI=1S/C14H29NO3/c1-5-6-7-8-9-10-11-13(16)15-12(2)14(17-3)18-4/h12,14H,5-11H2,1-4H3,(H,15,16). The van der Waals surface area contributed by atoms with E-state index in [1.165, 1.54) is 25.7 Å². The van der Waals surface area contributed by atoms with Crippen molar-refractivity contribution in [1.29, 1.82) is 0 Å². The van der Waals surface area contributed by atoms with Gasteiger partial charge in [-0.3, -0.25) is 4.79 Å². The van der Waals surface area contributed by atoms with E-state index in [4.69, 9.17) is 9.47 Å². The van der Waals surface area contributed by atoms with Gasteiger partial charge >= 0.3 is 0 Å². The van der Waals surface area contributed by atoms with E-state index >= 15 is 0 Å². The molecular weight excluding hydrogens is 230 g/mol. The van der Waals surface area contributed by atoms with E-state index in [0.29, 0.717) is 6.42 Å². The summed E-state index contributed by atoms with van der Waals surface area (Å²) in [5.74, 6) is 0.0806. The number of nitrogens with one attached hydrogen (secondary N) is 1. The molecule has 0 spiro atoms. The van der Waals surface area contributed by atoms with Crippen LogP contribution >= 0.6 is 0 Å². The summed E-state index contributed by atoms with van der Waals surface area (Å²) >= 11 is 0. The highest BCUT2D eigenvalue weighted by atomic mass is 16.7. The maximum atomic E-state index is 11.7. The topological polar surface area (TPSA) is 47.6 Å². The van der Waals surface area contributed by atoms with Crippen LogP contribution in [0.3, 0.4) is 0 Å². The van der Waals surface area contributed by atoms with E-state index in [9.17, 15) is 4.79 Å². The lowest BCUT2D eigenvalue weighted by Gasteiger charge is -2.22. The number of methoxy groups -OCH3 is 2. The number of hydrogen-bond donors (Lipinski definition) is 1. The minimum absolute atomic E-state index is 0.0806. The van der Waals surface area contributed by atoms with Crippen LogP contribution in [0.2, 0.25) is 0 Å². The van der Waals surface area contributed by atoms with Gasteiger partial charge in [0.05, 0.1) is 6.04 Å². The first kappa shape index (κ1) is 17.4. The summed E-state index contributed by atoms with van der Waals surface area (Å²) in [6.45, 7) is 4.09. The summed E-state index contributed by atoms with van der Waals surface area (Å²) in [7, 11) is 3.15. The molecule has 0 aromatic carbocycles. The molecular formula is C14H29NO3. The third-order valence-corrected chi connectivity index (χ3v) is 3.02. The van der Waals surface area contributed by atoms with Gasteiger partial charge < -0.3 is 14.8 Å². The van der Waals surface area contributed by atoms with E-state index < -0.39 is 0 Å². The quantitative estimate of drug-likeness (QED) is 0.458. The Morgan fingerprint density at radius 3 is 2.17 bits per heavy atom. The zero-order valence-corrected chi connectivity index (χ0v) is 12.3. The number of carbonyl (C=O) groups is 1. The number of hydrogen-bond acceptors (Lipinski definition) is 3. The average Bonchev–Trinajstić information content (AvgIpc) is 2.35. The molecule has 0 aliphatic heterocycles. The van der Waals surface area contributed by atoms with Gasteiger partial charge in [0, 0.05) is 20.6 Å². The molecule has 1 N–H and O–H groups in total. The van der Waals surface area contributed by atoms with Crippen LogP contribution in [-0.2, 0) is 14.3 Å². The van der Waals surface area contributed by atoms with Crippen molar-refractivity contribution in [1.82, 2.24) is 5.32 Å². The van der Waals surface area contributed by atoms with E-state index in [2.05, 4.69) is 12.2 Å². The molecule has 0 bridgehead atoms. The van der Waals surface area contributed by atoms with Gasteiger partial charge in [0.2, 0.25) is 5.91 Å². The minimum Gasteiger partial charge on any atom is -0.354 e. The van der Waals surface area contributed by atoms with E-state index in [1.807, 2.05) is 6.92 Å². The summed E-state index contributed by atoms with van der Waals surface area (Å²) < 4.78 is 10.2. The van der Waals surface area contributed by atoms with E-state index in [1.54, 1.807) is 14.2 Å². The summed E-state index contributed by atoms with van der Waals surface area (Å²) in [4.78, 5) is 11.7. The van der Waals surface area contributed by atoms with Gasteiger partial charge in [-0.05, 0) is 13.3 Å². The van der Waals surface area contributed by atoms with Crippen molar-refractivity contribution in [2.45, 2.75) is 71.1 Å². The maximum Gasteiger partial charge on any atom is 0.220 e. The first-order valence-electron chi connectivity index (χ1n) is 7.00. The van der Waals surface area contributed by atoms with Crippen molar-refractivity contribution in [2.24, 2.45) is 0 Å². The predicted octanol–water partition coefficient (Wildman–Crippen LogP) is 2.86. The Balaban J connectivity index is 3.58. The van der Waals surface area contributed by atoms with Gasteiger partial charge in [0.1, 0.15) is 0 Å². The fraction of sp³-hybridized carbons (Fsp3) is 0.929. The Hall–Kier alpha value is -0.610. The van der Waals surface area contributed by atoms with Crippen molar-refractivity contribution in [3.63, 3.8) is 0 Å². The Morgan fingerprint density at radius 1 is 1.06 bits per heavy atom. The molecule has 4 heteroatoms. The number of unbranched alkanes of at least 4 members (excludes halogenated alkanes) is 5. The Labute approximate surface area is 111 Å². The molecule has 1 unspecified atom stereocenters. The molecule has 0 aromatic heterocycles. The second-order valence-electron chi connectivity index (χ2n) is 4.71. The van der Waals surface area contributed by atoms with E-state index in [0.717, 1.165) is 12.8 Å². The third kappa shape index (κ3) is 8.48. The fourth-order valence-electron chi connectivity index (χ4n) is 1.96. The molecule has 0 aromatic rings. The molecule has 0 saturated heterocycles. The summed E-state index contributed by atoms with van der Waals surface area (Å²) in [5, 5.41) is 2.89. The third-order valence-electron chi connectivity index (χ3n) is 3.02. The predicted molar refractivity (Wildman–Crippen MR) is 73.4 cm³/mol. The molecule has 0 aliphatic rings. The summed E-state index contributed by atoms with van der Waals surface area (Å²) in [6.07, 6.45) is 7.39. The Bertz CT molecular complexity index is 205. The van der Waals surface area contributed by atoms with Crippen LogP contribution in [-0.4, -0.2) is 32.5 Å².